The smallest absolute Gasteiger partial charge is 0.215 e. The van der Waals surface area contributed by atoms with Gasteiger partial charge in [-0.05, 0) is 129 Å². The number of aryl methyl sites for hydroxylation is 3. The average molecular weight is 1700 g/mol. The van der Waals surface area contributed by atoms with Gasteiger partial charge in [-0.25, -0.2) is 32.8 Å². The average Bonchev–Trinajstić information content (AvgIpc) is 1.59. The largest absolute Gasteiger partial charge is 0.478 e. The van der Waals surface area contributed by atoms with Gasteiger partial charge in [0.1, 0.15) is 32.5 Å². The summed E-state index contributed by atoms with van der Waals surface area (Å²) in [6.07, 6.45) is 29.1. The number of aromatic nitrogens is 18. The van der Waals surface area contributed by atoms with E-state index in [-0.39, 0.29) is 27.8 Å². The van der Waals surface area contributed by atoms with Crippen LogP contribution in [0.3, 0.4) is 0 Å². The van der Waals surface area contributed by atoms with E-state index >= 15 is 0 Å². The maximum Gasteiger partial charge on any atom is 0.215 e. The van der Waals surface area contributed by atoms with Crippen LogP contribution in [0.2, 0.25) is 0 Å². The van der Waals surface area contributed by atoms with Crippen LogP contribution in [-0.2, 0) is 80.4 Å². The Morgan fingerprint density at radius 3 is 1.34 bits per heavy atom. The number of methoxy groups -OCH3 is 1. The predicted molar refractivity (Wildman–Crippen MR) is 484 cm³/mol. The number of hydrogen-bond acceptors (Lipinski definition) is 20. The van der Waals surface area contributed by atoms with Crippen LogP contribution in [0.1, 0.15) is 290 Å². The Kier molecular flexibility index (Phi) is 34.9. The van der Waals surface area contributed by atoms with Crippen molar-refractivity contribution in [2.75, 3.05) is 81.0 Å². The highest BCUT2D eigenvalue weighted by molar-refractivity contribution is 5.34. The molecule has 29 nitrogen and oxygen atoms in total. The van der Waals surface area contributed by atoms with Gasteiger partial charge in [0.15, 0.2) is 0 Å². The van der Waals surface area contributed by atoms with Gasteiger partial charge in [-0.3, -0.25) is 9.36 Å². The summed E-state index contributed by atoms with van der Waals surface area (Å²) in [5, 5.41) is 45.5. The van der Waals surface area contributed by atoms with Crippen LogP contribution in [0.15, 0.2) is 68.2 Å². The van der Waals surface area contributed by atoms with E-state index in [4.69, 9.17) is 37.9 Å². The molecule has 9 aromatic rings. The second-order valence-electron chi connectivity index (χ2n) is 39.7. The zero-order chi connectivity index (χ0) is 89.1. The molecule has 1 aliphatic carbocycles. The van der Waals surface area contributed by atoms with Crippen LogP contribution in [-0.4, -0.2) is 198 Å². The normalized spacial score (nSPS) is 18.5. The van der Waals surface area contributed by atoms with E-state index in [1.54, 1.807) is 7.11 Å². The number of likely N-dealkylation sites (N-methyl/N-ethyl adjacent to an activating group) is 2. The van der Waals surface area contributed by atoms with Crippen LogP contribution in [0, 0.1) is 11.3 Å². The molecule has 2 N–H and O–H groups in total. The molecule has 0 saturated heterocycles. The molecule has 4 unspecified atom stereocenters. The Morgan fingerprint density at radius 1 is 0.459 bits per heavy atom. The maximum atomic E-state index is 5.80. The van der Waals surface area contributed by atoms with Gasteiger partial charge in [0.25, 0.3) is 0 Å². The molecule has 29 heteroatoms. The minimum absolute atomic E-state index is 0.123. The lowest BCUT2D eigenvalue weighted by atomic mass is 9.89. The maximum absolute atomic E-state index is 5.80. The van der Waals surface area contributed by atoms with E-state index in [0.717, 1.165) is 171 Å². The highest BCUT2D eigenvalue weighted by Gasteiger charge is 2.33. The first-order valence-electron chi connectivity index (χ1n) is 45.1. The zero-order valence-electron chi connectivity index (χ0n) is 80.0. The topological polar surface area (TPSA) is 262 Å². The summed E-state index contributed by atoms with van der Waals surface area (Å²) in [7, 11) is 9.74. The van der Waals surface area contributed by atoms with Crippen molar-refractivity contribution in [1.29, 1.82) is 0 Å². The second-order valence-corrected chi connectivity index (χ2v) is 39.7. The van der Waals surface area contributed by atoms with E-state index < -0.39 is 0 Å². The molecule has 8 aliphatic rings. The van der Waals surface area contributed by atoms with Gasteiger partial charge >= 0.3 is 0 Å². The van der Waals surface area contributed by atoms with Crippen LogP contribution in [0.25, 0.3) is 0 Å². The van der Waals surface area contributed by atoms with Gasteiger partial charge < -0.3 is 53.4 Å². The third-order valence-corrected chi connectivity index (χ3v) is 22.7. The molecule has 1 fully saturated rings. The molecular formula is C93H155N21O8. The fourth-order valence-corrected chi connectivity index (χ4v) is 14.3. The van der Waals surface area contributed by atoms with E-state index in [1.165, 1.54) is 62.9 Å². The molecule has 0 spiro atoms. The van der Waals surface area contributed by atoms with Crippen LogP contribution in [0.5, 0.6) is 41.2 Å². The number of nitrogens with zero attached hydrogens (tertiary/aromatic N) is 19. The summed E-state index contributed by atoms with van der Waals surface area (Å²) in [5.41, 5.74) is 11.9. The Morgan fingerprint density at radius 2 is 0.877 bits per heavy atom. The molecule has 9 aromatic heterocycles. The van der Waals surface area contributed by atoms with Gasteiger partial charge in [-0.2, -0.15) is 45.9 Å². The molecule has 0 aromatic carbocycles. The first kappa shape index (κ1) is 97.1. The summed E-state index contributed by atoms with van der Waals surface area (Å²) in [6.45, 7) is 66.3. The fourth-order valence-electron chi connectivity index (χ4n) is 14.3. The SMILES string of the molecule is CC(C)(C)c1cnn(CC2CC2)c1.CC(C)(C)c1cnn2c1OCCCC2.CC(C)c1cnn2c1OCC(C)(C)C2.CC(C)c1cnn2c1OCC(N(C)C)C2.CC(C)c1cnn2c1OCCC2.CCCNC1COc2c(C(C)C)cnn2C1.CNC1COc2c(C(C)C)cnn2C1.COC1COc2c(C(C)C)cnn2C1.Cn1cc(C(C)(C)C)cn1. The molecule has 122 heavy (non-hydrogen) atoms. The van der Waals surface area contributed by atoms with Crippen molar-refractivity contribution >= 4 is 0 Å². The number of fused-ring (bicyclic) bond motifs is 7. The predicted octanol–water partition coefficient (Wildman–Crippen LogP) is 16.4. The van der Waals surface area contributed by atoms with Crippen LogP contribution >= 0.6 is 0 Å². The van der Waals surface area contributed by atoms with Crippen LogP contribution < -0.4 is 43.8 Å². The lowest BCUT2D eigenvalue weighted by Gasteiger charge is -2.30. The Labute approximate surface area is 729 Å². The van der Waals surface area contributed by atoms with E-state index in [0.29, 0.717) is 60.2 Å². The van der Waals surface area contributed by atoms with Gasteiger partial charge in [-0.15, -0.1) is 0 Å². The van der Waals surface area contributed by atoms with Gasteiger partial charge in [0.2, 0.25) is 41.2 Å². The fraction of sp³-hybridized carbons (Fsp3) is 0.710. The molecule has 0 radical (unpaired) electrons. The van der Waals surface area contributed by atoms with Crippen LogP contribution in [0.4, 0.5) is 0 Å². The summed E-state index contributed by atoms with van der Waals surface area (Å²) in [5.74, 6) is 10.5. The van der Waals surface area contributed by atoms with E-state index in [2.05, 4.69) is 259 Å². The Hall–Kier alpha value is -8.67. The summed E-state index contributed by atoms with van der Waals surface area (Å²) in [6, 6.07) is 1.20. The van der Waals surface area contributed by atoms with Crippen molar-refractivity contribution in [2.24, 2.45) is 18.4 Å². The molecule has 16 heterocycles. The first-order chi connectivity index (χ1) is 57.7. The van der Waals surface area contributed by atoms with Gasteiger partial charge in [0.05, 0.1) is 126 Å². The monoisotopic (exact) mass is 1690 g/mol. The lowest BCUT2D eigenvalue weighted by Crippen LogP contribution is -2.42. The quantitative estimate of drug-likeness (QED) is 0.102. The van der Waals surface area contributed by atoms with Crippen molar-refractivity contribution in [3.8, 4) is 41.2 Å². The Bertz CT molecular complexity index is 4520. The van der Waals surface area contributed by atoms with Crippen molar-refractivity contribution < 1.29 is 37.9 Å². The highest BCUT2D eigenvalue weighted by atomic mass is 16.5. The third-order valence-electron chi connectivity index (χ3n) is 22.7. The lowest BCUT2D eigenvalue weighted by molar-refractivity contribution is 0.0174. The van der Waals surface area contributed by atoms with Crippen molar-refractivity contribution in [1.82, 2.24) is 104 Å². The number of nitrogens with one attached hydrogen (secondary N) is 2. The zero-order valence-corrected chi connectivity index (χ0v) is 80.0. The summed E-state index contributed by atoms with van der Waals surface area (Å²) < 4.78 is 62.9. The second kappa shape index (κ2) is 43.8. The van der Waals surface area contributed by atoms with Crippen molar-refractivity contribution in [2.45, 2.75) is 333 Å². The Balaban J connectivity index is 0.000000156. The summed E-state index contributed by atoms with van der Waals surface area (Å²) >= 11 is 0. The van der Waals surface area contributed by atoms with Gasteiger partial charge in [0, 0.05) is 97.0 Å². The molecular weight excluding hydrogens is 1540 g/mol. The molecule has 17 rings (SSSR count). The first-order valence-corrected chi connectivity index (χ1v) is 45.1. The number of hydrogen-bond donors (Lipinski definition) is 2. The minimum atomic E-state index is 0.123. The van der Waals surface area contributed by atoms with Crippen molar-refractivity contribution in [3.05, 3.63) is 118 Å². The van der Waals surface area contributed by atoms with E-state index in [9.17, 15) is 0 Å². The van der Waals surface area contributed by atoms with E-state index in [1.807, 2.05) is 107 Å². The summed E-state index contributed by atoms with van der Waals surface area (Å²) in [4.78, 5) is 2.18. The third kappa shape index (κ3) is 27.2. The standard InChI is InChI=1S/C12H21N3O.C11H19N3O.2C11H18N2O.C11H18N2.C10H17N3O.C10H16N2O2.C9H14N2O.C8H14N2/c1-4-5-13-10-7-15-12(16-8-10)11(6-14-15)9(2)3;1-8(2)10-5-12-14-6-9(13(3)4)7-15-11(10)14;1-8(2)9-5-12-13-6-11(3,4)7-14-10(9)13;1-11(2,3)9-8-12-13-6-4-5-7-14-10(9)13;1-11(2,3)10-6-12-13(8-10)7-9-4-5-9;1-7(2)9-4-12-13-5-8(11-3)6-14-10(9)13;1-7(2)9-4-11-12-5-8(13-3)6-14-10(9)12;1-7(2)8-6-10-11-4-3-5-12-9(8)11;1-8(2,3)7-5-9-10(4)6-7/h6,9-10,13H,4-5,7-8H2,1-3H3;5,8-9H,6-7H2,1-4H3;5,8H,6-7H2,1-4H3;8H,4-7H2,1-3H3;6,8-9H,4-5,7H2,1-3H3;4,7-8,11H,5-6H2,1-3H3;4,7-8H,5-6H2,1-3H3;6-7H,3-5H2,1-2H3;5-6H,1-4H3. The number of ether oxygens (including phenoxy) is 8. The molecule has 0 bridgehead atoms. The molecule has 1 saturated carbocycles. The number of rotatable bonds is 14. The minimum Gasteiger partial charge on any atom is -0.478 e. The molecule has 7 aliphatic heterocycles. The van der Waals surface area contributed by atoms with Crippen molar-refractivity contribution in [3.63, 3.8) is 0 Å². The molecule has 680 valence electrons. The van der Waals surface area contributed by atoms with Gasteiger partial charge in [-0.1, -0.05) is 166 Å². The molecule has 4 atom stereocenters. The molecule has 0 amide bonds. The highest BCUT2D eigenvalue weighted by Crippen LogP contribution is 2.38.